The molecule has 0 aromatic rings. The molecule has 0 heterocycles. The maximum Gasteiger partial charge on any atom is 0.305 e. The van der Waals surface area contributed by atoms with Crippen molar-refractivity contribution in [2.45, 2.75) is 142 Å². The predicted molar refractivity (Wildman–Crippen MR) is 212 cm³/mol. The van der Waals surface area contributed by atoms with Crippen molar-refractivity contribution in [3.05, 3.63) is 0 Å². The lowest BCUT2D eigenvalue weighted by atomic mass is 10.0. The third kappa shape index (κ3) is 49.1. The van der Waals surface area contributed by atoms with Gasteiger partial charge in [-0.05, 0) is 12.8 Å². The van der Waals surface area contributed by atoms with Gasteiger partial charge in [0, 0.05) is 13.0 Å². The molecule has 53 heavy (non-hydrogen) atoms. The summed E-state index contributed by atoms with van der Waals surface area (Å²) in [6.07, 6.45) is 25.2. The largest absolute Gasteiger partial charge is 0.463 e. The van der Waals surface area contributed by atoms with Crippen LogP contribution in [-0.4, -0.2) is 132 Å². The fraction of sp³-hybridized carbons (Fsp3) is 0.976. The summed E-state index contributed by atoms with van der Waals surface area (Å²) in [5, 5.41) is 0. The monoisotopic (exact) mass is 765 g/mol. The molecule has 0 saturated carbocycles. The van der Waals surface area contributed by atoms with Crippen LogP contribution in [0.3, 0.4) is 0 Å². The van der Waals surface area contributed by atoms with E-state index in [1.165, 1.54) is 103 Å². The van der Waals surface area contributed by atoms with Gasteiger partial charge in [0.2, 0.25) is 0 Å². The minimum atomic E-state index is -0.126. The zero-order valence-electron chi connectivity index (χ0n) is 34.6. The third-order valence-electron chi connectivity index (χ3n) is 8.59. The molecule has 0 radical (unpaired) electrons. The number of unbranched alkanes of at least 4 members (excludes halogenated alkanes) is 17. The zero-order chi connectivity index (χ0) is 38.2. The van der Waals surface area contributed by atoms with Crippen molar-refractivity contribution in [1.29, 1.82) is 0 Å². The SMILES string of the molecule is CCCCCCCCCCCCCCCCCC(=O)OCCOCCOCCOCCOCCOCCOCCOCCOCCOCCCCCC. The summed E-state index contributed by atoms with van der Waals surface area (Å²) in [6, 6.07) is 0. The molecule has 0 saturated heterocycles. The van der Waals surface area contributed by atoms with E-state index in [4.69, 9.17) is 47.4 Å². The second-order valence-corrected chi connectivity index (χ2v) is 13.5. The van der Waals surface area contributed by atoms with Gasteiger partial charge in [0.25, 0.3) is 0 Å². The minimum absolute atomic E-state index is 0.126. The van der Waals surface area contributed by atoms with Crippen LogP contribution < -0.4 is 0 Å². The number of carbonyl (C=O) groups is 1. The molecule has 0 spiro atoms. The summed E-state index contributed by atoms with van der Waals surface area (Å²) in [4.78, 5) is 11.9. The average Bonchev–Trinajstić information content (AvgIpc) is 3.16. The third-order valence-corrected chi connectivity index (χ3v) is 8.59. The predicted octanol–water partition coefficient (Wildman–Crippen LogP) is 8.52. The van der Waals surface area contributed by atoms with Crippen molar-refractivity contribution >= 4 is 5.97 Å². The molecule has 0 aromatic carbocycles. The standard InChI is InChI=1S/C42H84O11/c1-3-5-7-9-10-11-12-13-14-15-16-17-18-19-20-22-42(43)53-41-40-52-39-38-51-37-36-50-35-34-49-33-32-48-31-30-47-29-28-46-27-26-45-25-24-44-23-21-8-6-4-2/h3-41H2,1-2H3. The van der Waals surface area contributed by atoms with E-state index in [1.807, 2.05) is 0 Å². The van der Waals surface area contributed by atoms with Crippen LogP contribution in [0.25, 0.3) is 0 Å². The molecule has 0 fully saturated rings. The molecule has 11 nitrogen and oxygen atoms in total. The van der Waals surface area contributed by atoms with Crippen molar-refractivity contribution < 1.29 is 52.2 Å². The van der Waals surface area contributed by atoms with Crippen LogP contribution in [0.15, 0.2) is 0 Å². The van der Waals surface area contributed by atoms with Crippen molar-refractivity contribution in [1.82, 2.24) is 0 Å². The first-order valence-corrected chi connectivity index (χ1v) is 21.7. The van der Waals surface area contributed by atoms with Crippen molar-refractivity contribution in [3.8, 4) is 0 Å². The van der Waals surface area contributed by atoms with Gasteiger partial charge in [-0.15, -0.1) is 0 Å². The molecule has 318 valence electrons. The Labute approximate surface area is 325 Å². The first kappa shape index (κ1) is 52.1. The summed E-state index contributed by atoms with van der Waals surface area (Å²) in [5.41, 5.74) is 0. The molecule has 0 aromatic heterocycles. The van der Waals surface area contributed by atoms with Crippen LogP contribution in [-0.2, 0) is 52.2 Å². The van der Waals surface area contributed by atoms with Gasteiger partial charge in [-0.1, -0.05) is 123 Å². The van der Waals surface area contributed by atoms with Crippen molar-refractivity contribution in [2.75, 3.05) is 126 Å². The summed E-state index contributed by atoms with van der Waals surface area (Å²) in [6.45, 7) is 14.5. The normalized spacial score (nSPS) is 11.5. The smallest absolute Gasteiger partial charge is 0.305 e. The van der Waals surface area contributed by atoms with E-state index in [1.54, 1.807) is 0 Å². The molecular weight excluding hydrogens is 680 g/mol. The van der Waals surface area contributed by atoms with Crippen LogP contribution >= 0.6 is 0 Å². The number of carbonyl (C=O) groups excluding carboxylic acids is 1. The average molecular weight is 765 g/mol. The summed E-state index contributed by atoms with van der Waals surface area (Å²) < 4.78 is 54.8. The Morgan fingerprint density at radius 2 is 0.491 bits per heavy atom. The molecule has 0 aliphatic heterocycles. The van der Waals surface area contributed by atoms with Gasteiger partial charge in [-0.25, -0.2) is 0 Å². The Hall–Kier alpha value is -0.890. The maximum absolute atomic E-state index is 11.9. The minimum Gasteiger partial charge on any atom is -0.463 e. The fourth-order valence-electron chi connectivity index (χ4n) is 5.42. The van der Waals surface area contributed by atoms with E-state index < -0.39 is 0 Å². The van der Waals surface area contributed by atoms with Gasteiger partial charge in [0.1, 0.15) is 6.61 Å². The summed E-state index contributed by atoms with van der Waals surface area (Å²) in [5.74, 6) is -0.126. The van der Waals surface area contributed by atoms with Gasteiger partial charge < -0.3 is 47.4 Å². The van der Waals surface area contributed by atoms with E-state index >= 15 is 0 Å². The zero-order valence-corrected chi connectivity index (χ0v) is 34.6. The van der Waals surface area contributed by atoms with Gasteiger partial charge >= 0.3 is 5.97 Å². The van der Waals surface area contributed by atoms with Crippen molar-refractivity contribution in [3.63, 3.8) is 0 Å². The Morgan fingerprint density at radius 3 is 0.792 bits per heavy atom. The number of hydrogen-bond donors (Lipinski definition) is 0. The highest BCUT2D eigenvalue weighted by Gasteiger charge is 2.03. The highest BCUT2D eigenvalue weighted by molar-refractivity contribution is 5.69. The van der Waals surface area contributed by atoms with E-state index in [0.717, 1.165) is 25.9 Å². The van der Waals surface area contributed by atoms with Crippen LogP contribution in [0.2, 0.25) is 0 Å². The summed E-state index contributed by atoms with van der Waals surface area (Å²) >= 11 is 0. The Balaban J connectivity index is 3.12. The van der Waals surface area contributed by atoms with Crippen LogP contribution in [0.4, 0.5) is 0 Å². The van der Waals surface area contributed by atoms with Gasteiger partial charge in [-0.3, -0.25) is 4.79 Å². The number of ether oxygens (including phenoxy) is 10. The fourth-order valence-corrected chi connectivity index (χ4v) is 5.42. The first-order chi connectivity index (χ1) is 26.3. The van der Waals surface area contributed by atoms with Crippen molar-refractivity contribution in [2.24, 2.45) is 0 Å². The molecule has 0 atom stereocenters. The van der Waals surface area contributed by atoms with Gasteiger partial charge in [-0.2, -0.15) is 0 Å². The van der Waals surface area contributed by atoms with Crippen LogP contribution in [0, 0.1) is 0 Å². The van der Waals surface area contributed by atoms with Crippen LogP contribution in [0.1, 0.15) is 142 Å². The lowest BCUT2D eigenvalue weighted by Crippen LogP contribution is -2.15. The first-order valence-electron chi connectivity index (χ1n) is 21.7. The molecule has 0 aliphatic rings. The molecule has 11 heteroatoms. The molecular formula is C42H84O11. The maximum atomic E-state index is 11.9. The lowest BCUT2D eigenvalue weighted by molar-refractivity contribution is -0.145. The number of rotatable bonds is 48. The lowest BCUT2D eigenvalue weighted by Gasteiger charge is -2.09. The molecule has 0 aliphatic carbocycles. The topological polar surface area (TPSA) is 109 Å². The highest BCUT2D eigenvalue weighted by Crippen LogP contribution is 2.14. The van der Waals surface area contributed by atoms with Crippen LogP contribution in [0.5, 0.6) is 0 Å². The van der Waals surface area contributed by atoms with E-state index in [9.17, 15) is 4.79 Å². The number of esters is 1. The Morgan fingerprint density at radius 1 is 0.264 bits per heavy atom. The molecule has 0 N–H and O–H groups in total. The second-order valence-electron chi connectivity index (χ2n) is 13.5. The van der Waals surface area contributed by atoms with Gasteiger partial charge in [0.05, 0.1) is 112 Å². The summed E-state index contributed by atoms with van der Waals surface area (Å²) in [7, 11) is 0. The quantitative estimate of drug-likeness (QED) is 0.0440. The van der Waals surface area contributed by atoms with E-state index in [0.29, 0.717) is 125 Å². The van der Waals surface area contributed by atoms with E-state index in [2.05, 4.69) is 13.8 Å². The van der Waals surface area contributed by atoms with Gasteiger partial charge in [0.15, 0.2) is 0 Å². The molecule has 0 bridgehead atoms. The number of hydrogen-bond acceptors (Lipinski definition) is 11. The van der Waals surface area contributed by atoms with E-state index in [-0.39, 0.29) is 5.97 Å². The Bertz CT molecular complexity index is 671. The molecule has 0 rings (SSSR count). The second kappa shape index (κ2) is 49.1. The Kier molecular flexibility index (Phi) is 48.3. The molecule has 0 amide bonds. The highest BCUT2D eigenvalue weighted by atomic mass is 16.6. The molecule has 0 unspecified atom stereocenters.